The van der Waals surface area contributed by atoms with Gasteiger partial charge in [-0.25, -0.2) is 4.39 Å². The van der Waals surface area contributed by atoms with Crippen molar-refractivity contribution in [2.24, 2.45) is 0 Å². The number of nitrogens with one attached hydrogen (secondary N) is 1. The molecule has 1 N–H and O–H groups in total. The summed E-state index contributed by atoms with van der Waals surface area (Å²) in [7, 11) is 1.46. The molecule has 0 amide bonds. The van der Waals surface area contributed by atoms with Crippen molar-refractivity contribution in [3.8, 4) is 5.75 Å². The second-order valence-electron chi connectivity index (χ2n) is 4.25. The molecule has 2 rings (SSSR count). The number of hydrogen-bond acceptors (Lipinski definition) is 3. The van der Waals surface area contributed by atoms with Crippen LogP contribution in [0.25, 0.3) is 0 Å². The highest BCUT2D eigenvalue weighted by atomic mass is 19.1. The van der Waals surface area contributed by atoms with Gasteiger partial charge in [-0.05, 0) is 48.4 Å². The van der Waals surface area contributed by atoms with E-state index >= 15 is 0 Å². The maximum Gasteiger partial charge on any atom is 0.165 e. The van der Waals surface area contributed by atoms with E-state index in [2.05, 4.69) is 10.3 Å². The smallest absolute Gasteiger partial charge is 0.165 e. The first-order chi connectivity index (χ1) is 9.29. The minimum Gasteiger partial charge on any atom is -0.494 e. The van der Waals surface area contributed by atoms with Gasteiger partial charge in [0.25, 0.3) is 0 Å². The number of aromatic nitrogens is 1. The van der Waals surface area contributed by atoms with Crippen LogP contribution in [-0.4, -0.2) is 18.6 Å². The number of benzene rings is 1. The molecule has 1 aromatic carbocycles. The molecule has 0 aliphatic heterocycles. The molecule has 3 nitrogen and oxygen atoms in total. The lowest BCUT2D eigenvalue weighted by atomic mass is 10.2. The lowest BCUT2D eigenvalue weighted by Crippen LogP contribution is -2.16. The van der Waals surface area contributed by atoms with Gasteiger partial charge in [0.05, 0.1) is 7.11 Å². The predicted octanol–water partition coefficient (Wildman–Crippen LogP) is 2.56. The van der Waals surface area contributed by atoms with Crippen LogP contribution in [0, 0.1) is 5.82 Å². The predicted molar refractivity (Wildman–Crippen MR) is 72.6 cm³/mol. The molecule has 19 heavy (non-hydrogen) atoms. The van der Waals surface area contributed by atoms with E-state index in [-0.39, 0.29) is 11.6 Å². The van der Waals surface area contributed by atoms with Crippen molar-refractivity contribution in [2.45, 2.75) is 13.0 Å². The van der Waals surface area contributed by atoms with Crippen molar-refractivity contribution < 1.29 is 9.13 Å². The molecule has 0 aliphatic carbocycles. The van der Waals surface area contributed by atoms with Crippen LogP contribution in [0.5, 0.6) is 5.75 Å². The van der Waals surface area contributed by atoms with E-state index in [1.807, 2.05) is 18.2 Å². The van der Waals surface area contributed by atoms with Gasteiger partial charge >= 0.3 is 0 Å². The van der Waals surface area contributed by atoms with Gasteiger partial charge in [0, 0.05) is 18.9 Å². The average Bonchev–Trinajstić information content (AvgIpc) is 2.45. The highest BCUT2D eigenvalue weighted by Crippen LogP contribution is 2.17. The van der Waals surface area contributed by atoms with Crippen molar-refractivity contribution in [1.82, 2.24) is 10.3 Å². The SMILES string of the molecule is COc1ccc(CNCCc2ccncc2)cc1F. The van der Waals surface area contributed by atoms with Crippen LogP contribution < -0.4 is 10.1 Å². The van der Waals surface area contributed by atoms with Crippen molar-refractivity contribution in [1.29, 1.82) is 0 Å². The van der Waals surface area contributed by atoms with Gasteiger partial charge in [-0.1, -0.05) is 6.07 Å². The first kappa shape index (κ1) is 13.5. The van der Waals surface area contributed by atoms with E-state index in [0.29, 0.717) is 6.54 Å². The number of rotatable bonds is 6. The van der Waals surface area contributed by atoms with Gasteiger partial charge in [-0.15, -0.1) is 0 Å². The van der Waals surface area contributed by atoms with Crippen LogP contribution in [0.3, 0.4) is 0 Å². The Balaban J connectivity index is 1.78. The minimum atomic E-state index is -0.323. The molecule has 1 aromatic heterocycles. The molecular formula is C15H17FN2O. The fourth-order valence-corrected chi connectivity index (χ4v) is 1.83. The largest absolute Gasteiger partial charge is 0.494 e. The summed E-state index contributed by atoms with van der Waals surface area (Å²) in [6.45, 7) is 1.49. The average molecular weight is 260 g/mol. The molecule has 0 saturated heterocycles. The Morgan fingerprint density at radius 2 is 1.95 bits per heavy atom. The van der Waals surface area contributed by atoms with Crippen molar-refractivity contribution in [3.05, 3.63) is 59.7 Å². The summed E-state index contributed by atoms with van der Waals surface area (Å²) in [6, 6.07) is 9.00. The van der Waals surface area contributed by atoms with E-state index in [9.17, 15) is 4.39 Å². The molecule has 0 bridgehead atoms. The number of ether oxygens (including phenoxy) is 1. The maximum atomic E-state index is 13.5. The van der Waals surface area contributed by atoms with Crippen LogP contribution in [0.15, 0.2) is 42.7 Å². The summed E-state index contributed by atoms with van der Waals surface area (Å²) in [4.78, 5) is 3.97. The van der Waals surface area contributed by atoms with Crippen molar-refractivity contribution in [3.63, 3.8) is 0 Å². The Morgan fingerprint density at radius 3 is 2.63 bits per heavy atom. The topological polar surface area (TPSA) is 34.1 Å². The van der Waals surface area contributed by atoms with E-state index in [1.165, 1.54) is 18.7 Å². The zero-order valence-electron chi connectivity index (χ0n) is 10.9. The molecule has 2 aromatic rings. The summed E-state index contributed by atoms with van der Waals surface area (Å²) >= 11 is 0. The van der Waals surface area contributed by atoms with Crippen LogP contribution in [0.1, 0.15) is 11.1 Å². The minimum absolute atomic E-state index is 0.278. The van der Waals surface area contributed by atoms with Crippen LogP contribution in [-0.2, 0) is 13.0 Å². The summed E-state index contributed by atoms with van der Waals surface area (Å²) in [6.07, 6.45) is 4.50. The van der Waals surface area contributed by atoms with E-state index in [0.717, 1.165) is 18.5 Å². The standard InChI is InChI=1S/C15H17FN2O/c1-19-15-3-2-13(10-14(15)16)11-18-9-6-12-4-7-17-8-5-12/h2-5,7-8,10,18H,6,9,11H2,1H3. The number of methoxy groups -OCH3 is 1. The number of halogens is 1. The number of hydrogen-bond donors (Lipinski definition) is 1. The molecule has 4 heteroatoms. The van der Waals surface area contributed by atoms with Crippen molar-refractivity contribution in [2.75, 3.05) is 13.7 Å². The third-order valence-corrected chi connectivity index (χ3v) is 2.89. The monoisotopic (exact) mass is 260 g/mol. The Labute approximate surface area is 112 Å². The summed E-state index contributed by atoms with van der Waals surface area (Å²) < 4.78 is 18.3. The molecule has 0 saturated carbocycles. The van der Waals surface area contributed by atoms with Crippen LogP contribution in [0.2, 0.25) is 0 Å². The molecule has 0 aliphatic rings. The van der Waals surface area contributed by atoms with Crippen LogP contribution in [0.4, 0.5) is 4.39 Å². The molecule has 100 valence electrons. The third kappa shape index (κ3) is 4.03. The first-order valence-electron chi connectivity index (χ1n) is 6.21. The second-order valence-corrected chi connectivity index (χ2v) is 4.25. The van der Waals surface area contributed by atoms with Crippen LogP contribution >= 0.6 is 0 Å². The zero-order chi connectivity index (χ0) is 13.5. The molecule has 0 atom stereocenters. The maximum absolute atomic E-state index is 13.5. The summed E-state index contributed by atoms with van der Waals surface area (Å²) in [5, 5.41) is 3.29. The quantitative estimate of drug-likeness (QED) is 0.811. The summed E-state index contributed by atoms with van der Waals surface area (Å²) in [5.74, 6) is -0.0449. The summed E-state index contributed by atoms with van der Waals surface area (Å²) in [5.41, 5.74) is 2.15. The molecule has 0 spiro atoms. The number of nitrogens with zero attached hydrogens (tertiary/aromatic N) is 1. The normalized spacial score (nSPS) is 10.4. The second kappa shape index (κ2) is 6.85. The highest BCUT2D eigenvalue weighted by molar-refractivity contribution is 5.29. The van der Waals surface area contributed by atoms with Gasteiger partial charge in [-0.3, -0.25) is 4.98 Å². The van der Waals surface area contributed by atoms with Gasteiger partial charge in [-0.2, -0.15) is 0 Å². The van der Waals surface area contributed by atoms with E-state index < -0.39 is 0 Å². The molecule has 0 fully saturated rings. The lowest BCUT2D eigenvalue weighted by Gasteiger charge is -2.07. The van der Waals surface area contributed by atoms with Gasteiger partial charge in [0.1, 0.15) is 0 Å². The molecular weight excluding hydrogens is 243 g/mol. The fraction of sp³-hybridized carbons (Fsp3) is 0.267. The Morgan fingerprint density at radius 1 is 1.16 bits per heavy atom. The Kier molecular flexibility index (Phi) is 4.86. The molecule has 0 unspecified atom stereocenters. The highest BCUT2D eigenvalue weighted by Gasteiger charge is 2.02. The molecule has 0 radical (unpaired) electrons. The van der Waals surface area contributed by atoms with Gasteiger partial charge < -0.3 is 10.1 Å². The fourth-order valence-electron chi connectivity index (χ4n) is 1.83. The zero-order valence-corrected chi connectivity index (χ0v) is 10.9. The Hall–Kier alpha value is -1.94. The third-order valence-electron chi connectivity index (χ3n) is 2.89. The first-order valence-corrected chi connectivity index (χ1v) is 6.21. The van der Waals surface area contributed by atoms with E-state index in [1.54, 1.807) is 18.5 Å². The van der Waals surface area contributed by atoms with Gasteiger partial charge in [0.2, 0.25) is 0 Å². The number of pyridine rings is 1. The molecule has 1 heterocycles. The van der Waals surface area contributed by atoms with E-state index in [4.69, 9.17) is 4.74 Å². The van der Waals surface area contributed by atoms with Crippen molar-refractivity contribution >= 4 is 0 Å². The Bertz CT molecular complexity index is 517. The van der Waals surface area contributed by atoms with Gasteiger partial charge in [0.15, 0.2) is 11.6 Å². The lowest BCUT2D eigenvalue weighted by molar-refractivity contribution is 0.386.